The SMILES string of the molecule is COc1ccc(C(F)(F)F)c([N+](=O)[O-])n1. The second-order valence-electron chi connectivity index (χ2n) is 2.48. The van der Waals surface area contributed by atoms with Gasteiger partial charge < -0.3 is 14.9 Å². The third-order valence-corrected chi connectivity index (χ3v) is 1.54. The van der Waals surface area contributed by atoms with E-state index in [2.05, 4.69) is 9.72 Å². The number of halogens is 3. The fourth-order valence-electron chi connectivity index (χ4n) is 0.905. The molecular weight excluding hydrogens is 217 g/mol. The Hall–Kier alpha value is -1.86. The lowest BCUT2D eigenvalue weighted by atomic mass is 10.2. The van der Waals surface area contributed by atoms with Crippen LogP contribution in [0.25, 0.3) is 0 Å². The Kier molecular flexibility index (Phi) is 2.78. The highest BCUT2D eigenvalue weighted by Crippen LogP contribution is 2.35. The van der Waals surface area contributed by atoms with Crippen LogP contribution < -0.4 is 4.74 Å². The van der Waals surface area contributed by atoms with Crippen molar-refractivity contribution in [1.82, 2.24) is 4.98 Å². The smallest absolute Gasteiger partial charge is 0.424 e. The van der Waals surface area contributed by atoms with Gasteiger partial charge in [0, 0.05) is 11.1 Å². The molecule has 0 bridgehead atoms. The number of hydrogen-bond donors (Lipinski definition) is 0. The highest BCUT2D eigenvalue weighted by atomic mass is 19.4. The van der Waals surface area contributed by atoms with E-state index in [4.69, 9.17) is 0 Å². The molecule has 0 saturated carbocycles. The molecule has 0 fully saturated rings. The minimum Gasteiger partial charge on any atom is -0.463 e. The molecule has 0 atom stereocenters. The second-order valence-corrected chi connectivity index (χ2v) is 2.48. The van der Waals surface area contributed by atoms with Gasteiger partial charge in [0.2, 0.25) is 0 Å². The number of rotatable bonds is 2. The van der Waals surface area contributed by atoms with Crippen molar-refractivity contribution >= 4 is 5.82 Å². The van der Waals surface area contributed by atoms with E-state index in [0.29, 0.717) is 6.07 Å². The Balaban J connectivity index is 3.34. The standard InChI is InChI=1S/C7H5F3N2O3/c1-15-5-3-2-4(7(8,9)10)6(11-5)12(13)14/h2-3H,1H3. The van der Waals surface area contributed by atoms with Crippen LogP contribution in [-0.2, 0) is 6.18 Å². The zero-order valence-corrected chi connectivity index (χ0v) is 7.41. The van der Waals surface area contributed by atoms with Crippen LogP contribution in [0.4, 0.5) is 19.0 Å². The molecule has 8 heteroatoms. The van der Waals surface area contributed by atoms with E-state index in [-0.39, 0.29) is 5.88 Å². The summed E-state index contributed by atoms with van der Waals surface area (Å²) in [6.07, 6.45) is -4.80. The molecule has 0 amide bonds. The predicted molar refractivity (Wildman–Crippen MR) is 42.4 cm³/mol. The zero-order valence-electron chi connectivity index (χ0n) is 7.41. The zero-order chi connectivity index (χ0) is 11.6. The molecule has 0 aromatic carbocycles. The van der Waals surface area contributed by atoms with E-state index < -0.39 is 22.5 Å². The van der Waals surface area contributed by atoms with Gasteiger partial charge in [-0.1, -0.05) is 0 Å². The van der Waals surface area contributed by atoms with Crippen LogP contribution in [0.5, 0.6) is 5.88 Å². The molecule has 1 aromatic heterocycles. The Bertz CT molecular complexity index is 392. The predicted octanol–water partition coefficient (Wildman–Crippen LogP) is 2.02. The third-order valence-electron chi connectivity index (χ3n) is 1.54. The van der Waals surface area contributed by atoms with Gasteiger partial charge in [0.05, 0.1) is 7.11 Å². The summed E-state index contributed by atoms with van der Waals surface area (Å²) in [4.78, 5) is 12.2. The number of pyridine rings is 1. The Morgan fingerprint density at radius 1 is 1.47 bits per heavy atom. The van der Waals surface area contributed by atoms with Gasteiger partial charge in [-0.05, 0) is 11.0 Å². The van der Waals surface area contributed by atoms with E-state index in [0.717, 1.165) is 13.2 Å². The van der Waals surface area contributed by atoms with Crippen LogP contribution in [-0.4, -0.2) is 17.0 Å². The second kappa shape index (κ2) is 3.71. The number of nitro groups is 1. The van der Waals surface area contributed by atoms with Gasteiger partial charge in [-0.15, -0.1) is 0 Å². The van der Waals surface area contributed by atoms with Crippen LogP contribution >= 0.6 is 0 Å². The van der Waals surface area contributed by atoms with E-state index in [1.807, 2.05) is 0 Å². The molecule has 0 aliphatic heterocycles. The van der Waals surface area contributed by atoms with Crippen molar-refractivity contribution in [2.45, 2.75) is 6.18 Å². The first-order chi connectivity index (χ1) is 6.86. The minimum absolute atomic E-state index is 0.241. The van der Waals surface area contributed by atoms with Crippen LogP contribution in [0.2, 0.25) is 0 Å². The van der Waals surface area contributed by atoms with Crippen LogP contribution in [0.1, 0.15) is 5.56 Å². The maximum absolute atomic E-state index is 12.3. The molecule has 82 valence electrons. The third kappa shape index (κ3) is 2.33. The summed E-state index contributed by atoms with van der Waals surface area (Å²) in [5, 5.41) is 10.3. The minimum atomic E-state index is -4.80. The Labute approximate surface area is 81.6 Å². The molecule has 0 aliphatic carbocycles. The van der Waals surface area contributed by atoms with Crippen molar-refractivity contribution in [2.75, 3.05) is 7.11 Å². The number of aromatic nitrogens is 1. The molecule has 0 spiro atoms. The molecule has 0 unspecified atom stereocenters. The van der Waals surface area contributed by atoms with Gasteiger partial charge in [0.25, 0.3) is 0 Å². The first-order valence-electron chi connectivity index (χ1n) is 3.63. The number of methoxy groups -OCH3 is 1. The molecule has 1 rings (SSSR count). The highest BCUT2D eigenvalue weighted by molar-refractivity contribution is 5.38. The topological polar surface area (TPSA) is 65.3 Å². The molecule has 1 heterocycles. The van der Waals surface area contributed by atoms with E-state index in [1.165, 1.54) is 0 Å². The number of ether oxygens (including phenoxy) is 1. The van der Waals surface area contributed by atoms with E-state index in [1.54, 1.807) is 0 Å². The fraction of sp³-hybridized carbons (Fsp3) is 0.286. The van der Waals surface area contributed by atoms with E-state index >= 15 is 0 Å². The van der Waals surface area contributed by atoms with Gasteiger partial charge in [0.15, 0.2) is 5.56 Å². The quantitative estimate of drug-likeness (QED) is 0.567. The summed E-state index contributed by atoms with van der Waals surface area (Å²) in [7, 11) is 1.15. The first-order valence-corrected chi connectivity index (χ1v) is 3.63. The monoisotopic (exact) mass is 222 g/mol. The van der Waals surface area contributed by atoms with Gasteiger partial charge in [-0.3, -0.25) is 0 Å². The lowest BCUT2D eigenvalue weighted by Crippen LogP contribution is -2.10. The maximum atomic E-state index is 12.3. The molecule has 1 aromatic rings. The van der Waals surface area contributed by atoms with Gasteiger partial charge in [-0.2, -0.15) is 13.2 Å². The van der Waals surface area contributed by atoms with Crippen molar-refractivity contribution in [3.05, 3.63) is 27.8 Å². The maximum Gasteiger partial charge on any atom is 0.424 e. The van der Waals surface area contributed by atoms with Crippen molar-refractivity contribution in [2.24, 2.45) is 0 Å². The number of alkyl halides is 3. The molecular formula is C7H5F3N2O3. The van der Waals surface area contributed by atoms with Crippen LogP contribution in [0.3, 0.4) is 0 Å². The number of hydrogen-bond acceptors (Lipinski definition) is 4. The molecule has 0 N–H and O–H groups in total. The van der Waals surface area contributed by atoms with Crippen molar-refractivity contribution < 1.29 is 22.8 Å². The Morgan fingerprint density at radius 2 is 2.07 bits per heavy atom. The summed E-state index contributed by atoms with van der Waals surface area (Å²) in [5.74, 6) is -1.50. The lowest BCUT2D eigenvalue weighted by molar-refractivity contribution is -0.392. The summed E-state index contributed by atoms with van der Waals surface area (Å²) >= 11 is 0. The fourth-order valence-corrected chi connectivity index (χ4v) is 0.905. The molecule has 0 radical (unpaired) electrons. The van der Waals surface area contributed by atoms with Crippen molar-refractivity contribution in [3.63, 3.8) is 0 Å². The van der Waals surface area contributed by atoms with Crippen LogP contribution in [0.15, 0.2) is 12.1 Å². The van der Waals surface area contributed by atoms with Gasteiger partial charge >= 0.3 is 17.9 Å². The largest absolute Gasteiger partial charge is 0.463 e. The first kappa shape index (κ1) is 11.2. The molecule has 0 aliphatic rings. The van der Waals surface area contributed by atoms with E-state index in [9.17, 15) is 23.3 Å². The van der Waals surface area contributed by atoms with Gasteiger partial charge in [-0.25, -0.2) is 0 Å². The summed E-state index contributed by atoms with van der Waals surface area (Å²) in [6.45, 7) is 0. The molecule has 15 heavy (non-hydrogen) atoms. The summed E-state index contributed by atoms with van der Waals surface area (Å²) in [6, 6.07) is 1.47. The number of nitrogens with zero attached hydrogens (tertiary/aromatic N) is 2. The lowest BCUT2D eigenvalue weighted by Gasteiger charge is -2.06. The molecule has 0 saturated heterocycles. The highest BCUT2D eigenvalue weighted by Gasteiger charge is 2.39. The molecule has 5 nitrogen and oxygen atoms in total. The van der Waals surface area contributed by atoms with Gasteiger partial charge in [0.1, 0.15) is 0 Å². The average Bonchev–Trinajstić information content (AvgIpc) is 2.15. The van der Waals surface area contributed by atoms with Crippen LogP contribution in [0, 0.1) is 10.1 Å². The Morgan fingerprint density at radius 3 is 2.47 bits per heavy atom. The van der Waals surface area contributed by atoms with Crippen molar-refractivity contribution in [1.29, 1.82) is 0 Å². The summed E-state index contributed by atoms with van der Waals surface area (Å²) < 4.78 is 41.3. The summed E-state index contributed by atoms with van der Waals surface area (Å²) in [5.41, 5.74) is -1.40. The normalized spacial score (nSPS) is 11.2. The average molecular weight is 222 g/mol. The van der Waals surface area contributed by atoms with Crippen molar-refractivity contribution in [3.8, 4) is 5.88 Å².